The highest BCUT2D eigenvalue weighted by Crippen LogP contribution is 2.15. The van der Waals surface area contributed by atoms with Gasteiger partial charge in [0.1, 0.15) is 0 Å². The minimum atomic E-state index is -0.0871. The van der Waals surface area contributed by atoms with Gasteiger partial charge in [-0.3, -0.25) is 4.79 Å². The molecule has 0 aliphatic carbocycles. The number of nitrogens with one attached hydrogen (secondary N) is 1. The van der Waals surface area contributed by atoms with E-state index in [1.165, 1.54) is 0 Å². The first-order valence-corrected chi connectivity index (χ1v) is 6.21. The van der Waals surface area contributed by atoms with Crippen LogP contribution in [0.5, 0.6) is 0 Å². The molecule has 2 aromatic rings. The molecule has 0 atom stereocenters. The van der Waals surface area contributed by atoms with E-state index in [-0.39, 0.29) is 5.91 Å². The van der Waals surface area contributed by atoms with Crippen LogP contribution in [0.25, 0.3) is 0 Å². The van der Waals surface area contributed by atoms with Crippen molar-refractivity contribution < 1.29 is 4.79 Å². The van der Waals surface area contributed by atoms with Crippen molar-refractivity contribution in [1.82, 2.24) is 0 Å². The summed E-state index contributed by atoms with van der Waals surface area (Å²) in [6.07, 6.45) is 0. The molecule has 3 heteroatoms. The quantitative estimate of drug-likeness (QED) is 0.911. The molecule has 0 spiro atoms. The van der Waals surface area contributed by atoms with Crippen molar-refractivity contribution in [3.05, 3.63) is 59.7 Å². The summed E-state index contributed by atoms with van der Waals surface area (Å²) in [5.74, 6) is -0.0871. The third-order valence-corrected chi connectivity index (χ3v) is 2.92. The van der Waals surface area contributed by atoms with E-state index in [1.54, 1.807) is 0 Å². The van der Waals surface area contributed by atoms with E-state index in [0.29, 0.717) is 5.56 Å². The van der Waals surface area contributed by atoms with Crippen LogP contribution in [0, 0.1) is 6.92 Å². The Hall–Kier alpha value is -2.29. The summed E-state index contributed by atoms with van der Waals surface area (Å²) >= 11 is 0. The van der Waals surface area contributed by atoms with Crippen molar-refractivity contribution in [1.29, 1.82) is 0 Å². The molecule has 2 rings (SSSR count). The largest absolute Gasteiger partial charge is 0.378 e. The maximum absolute atomic E-state index is 12.1. The van der Waals surface area contributed by atoms with Crippen molar-refractivity contribution in [2.45, 2.75) is 6.92 Å². The number of nitrogens with zero attached hydrogens (tertiary/aromatic N) is 1. The first-order chi connectivity index (χ1) is 9.06. The van der Waals surface area contributed by atoms with Crippen LogP contribution in [0.2, 0.25) is 0 Å². The molecular weight excluding hydrogens is 236 g/mol. The highest BCUT2D eigenvalue weighted by Gasteiger charge is 2.06. The highest BCUT2D eigenvalue weighted by molar-refractivity contribution is 6.04. The number of rotatable bonds is 3. The zero-order chi connectivity index (χ0) is 13.8. The van der Waals surface area contributed by atoms with Gasteiger partial charge in [0.25, 0.3) is 5.91 Å². The molecule has 0 heterocycles. The Balaban J connectivity index is 2.11. The number of anilines is 2. The van der Waals surface area contributed by atoms with E-state index < -0.39 is 0 Å². The fourth-order valence-corrected chi connectivity index (χ4v) is 1.84. The second-order valence-electron chi connectivity index (χ2n) is 4.76. The van der Waals surface area contributed by atoms with Crippen molar-refractivity contribution in [3.63, 3.8) is 0 Å². The van der Waals surface area contributed by atoms with Gasteiger partial charge in [0.15, 0.2) is 0 Å². The summed E-state index contributed by atoms with van der Waals surface area (Å²) in [5.41, 5.74) is 3.68. The molecule has 0 aromatic heterocycles. The van der Waals surface area contributed by atoms with Crippen molar-refractivity contribution >= 4 is 17.3 Å². The Morgan fingerprint density at radius 1 is 1.05 bits per heavy atom. The molecule has 0 unspecified atom stereocenters. The molecule has 0 bridgehead atoms. The Bertz CT molecular complexity index is 574. The molecule has 98 valence electrons. The second kappa shape index (κ2) is 5.57. The van der Waals surface area contributed by atoms with Gasteiger partial charge in [-0.15, -0.1) is 0 Å². The zero-order valence-electron chi connectivity index (χ0n) is 11.5. The molecule has 0 saturated carbocycles. The van der Waals surface area contributed by atoms with Crippen LogP contribution in [0.1, 0.15) is 15.9 Å². The summed E-state index contributed by atoms with van der Waals surface area (Å²) in [6.45, 7) is 2.00. The lowest BCUT2D eigenvalue weighted by Crippen LogP contribution is -2.13. The average molecular weight is 254 g/mol. The second-order valence-corrected chi connectivity index (χ2v) is 4.76. The molecule has 1 N–H and O–H groups in total. The number of carbonyl (C=O) groups excluding carboxylic acids is 1. The van der Waals surface area contributed by atoms with Gasteiger partial charge in [-0.1, -0.05) is 12.1 Å². The van der Waals surface area contributed by atoms with E-state index in [2.05, 4.69) is 5.32 Å². The molecule has 2 aromatic carbocycles. The Morgan fingerprint density at radius 3 is 2.32 bits per heavy atom. The van der Waals surface area contributed by atoms with Crippen LogP contribution in [-0.4, -0.2) is 20.0 Å². The summed E-state index contributed by atoms with van der Waals surface area (Å²) in [6, 6.07) is 15.3. The smallest absolute Gasteiger partial charge is 0.255 e. The summed E-state index contributed by atoms with van der Waals surface area (Å²) in [7, 11) is 3.95. The van der Waals surface area contributed by atoms with Crippen molar-refractivity contribution in [3.8, 4) is 0 Å². The van der Waals surface area contributed by atoms with Crippen molar-refractivity contribution in [2.24, 2.45) is 0 Å². The van der Waals surface area contributed by atoms with Crippen LogP contribution in [0.4, 0.5) is 11.4 Å². The molecule has 1 amide bonds. The van der Waals surface area contributed by atoms with Crippen molar-refractivity contribution in [2.75, 3.05) is 24.3 Å². The van der Waals surface area contributed by atoms with Gasteiger partial charge < -0.3 is 10.2 Å². The lowest BCUT2D eigenvalue weighted by molar-refractivity contribution is 0.102. The van der Waals surface area contributed by atoms with Gasteiger partial charge in [-0.05, 0) is 48.9 Å². The fourth-order valence-electron chi connectivity index (χ4n) is 1.84. The lowest BCUT2D eigenvalue weighted by Gasteiger charge is -2.12. The predicted molar refractivity (Wildman–Crippen MR) is 79.9 cm³/mol. The van der Waals surface area contributed by atoms with E-state index in [9.17, 15) is 4.79 Å². The molecule has 0 fully saturated rings. The summed E-state index contributed by atoms with van der Waals surface area (Å²) < 4.78 is 0. The zero-order valence-corrected chi connectivity index (χ0v) is 11.5. The topological polar surface area (TPSA) is 32.3 Å². The third-order valence-electron chi connectivity index (χ3n) is 2.92. The first-order valence-electron chi connectivity index (χ1n) is 6.21. The Morgan fingerprint density at radius 2 is 1.74 bits per heavy atom. The molecule has 3 nitrogen and oxygen atoms in total. The third kappa shape index (κ3) is 3.35. The van der Waals surface area contributed by atoms with Gasteiger partial charge in [0.2, 0.25) is 0 Å². The normalized spacial score (nSPS) is 10.1. The maximum atomic E-state index is 12.1. The average Bonchev–Trinajstić information content (AvgIpc) is 2.39. The number of carbonyl (C=O) groups is 1. The highest BCUT2D eigenvalue weighted by atomic mass is 16.1. The fraction of sp³-hybridized carbons (Fsp3) is 0.188. The van der Waals surface area contributed by atoms with Crippen LogP contribution < -0.4 is 10.2 Å². The van der Waals surface area contributed by atoms with Crippen LogP contribution in [0.15, 0.2) is 48.5 Å². The SMILES string of the molecule is Cc1cccc(NC(=O)c2ccc(N(C)C)cc2)c1. The van der Waals surface area contributed by atoms with E-state index in [1.807, 2.05) is 74.4 Å². The minimum absolute atomic E-state index is 0.0871. The Labute approximate surface area is 113 Å². The molecular formula is C16H18N2O. The van der Waals surface area contributed by atoms with Gasteiger partial charge >= 0.3 is 0 Å². The van der Waals surface area contributed by atoms with Crippen LogP contribution in [0.3, 0.4) is 0 Å². The summed E-state index contributed by atoms with van der Waals surface area (Å²) in [5, 5.41) is 2.90. The van der Waals surface area contributed by atoms with Gasteiger partial charge in [-0.2, -0.15) is 0 Å². The minimum Gasteiger partial charge on any atom is -0.378 e. The molecule has 19 heavy (non-hydrogen) atoms. The van der Waals surface area contributed by atoms with E-state index >= 15 is 0 Å². The van der Waals surface area contributed by atoms with Gasteiger partial charge in [-0.25, -0.2) is 0 Å². The Kier molecular flexibility index (Phi) is 3.85. The van der Waals surface area contributed by atoms with Gasteiger partial charge in [0, 0.05) is 31.0 Å². The number of benzene rings is 2. The number of hydrogen-bond donors (Lipinski definition) is 1. The van der Waals surface area contributed by atoms with E-state index in [4.69, 9.17) is 0 Å². The molecule has 0 aliphatic heterocycles. The standard InChI is InChI=1S/C16H18N2O/c1-12-5-4-6-14(11-12)17-16(19)13-7-9-15(10-8-13)18(2)3/h4-11H,1-3H3,(H,17,19). The van der Waals surface area contributed by atoms with Gasteiger partial charge in [0.05, 0.1) is 0 Å². The molecule has 0 saturated heterocycles. The number of amides is 1. The number of aryl methyl sites for hydroxylation is 1. The summed E-state index contributed by atoms with van der Waals surface area (Å²) in [4.78, 5) is 14.1. The van der Waals surface area contributed by atoms with E-state index in [0.717, 1.165) is 16.9 Å². The first kappa shape index (κ1) is 13.1. The molecule has 0 radical (unpaired) electrons. The maximum Gasteiger partial charge on any atom is 0.255 e. The number of hydrogen-bond acceptors (Lipinski definition) is 2. The molecule has 0 aliphatic rings. The predicted octanol–water partition coefficient (Wildman–Crippen LogP) is 3.31. The monoisotopic (exact) mass is 254 g/mol. The lowest BCUT2D eigenvalue weighted by atomic mass is 10.1. The van der Waals surface area contributed by atoms with Crippen LogP contribution in [-0.2, 0) is 0 Å². The van der Waals surface area contributed by atoms with Crippen LogP contribution >= 0.6 is 0 Å².